The molecular weight excluding hydrogens is 264 g/mol. The molecule has 0 radical (unpaired) electrons. The molecule has 7 heteroatoms. The lowest BCUT2D eigenvalue weighted by atomic mass is 10.2. The molecule has 2 aromatic heterocycles. The zero-order valence-corrected chi connectivity index (χ0v) is 10.5. The van der Waals surface area contributed by atoms with Crippen molar-refractivity contribution in [3.05, 3.63) is 48.1 Å². The SMILES string of the molecule is Nc1cccc(-c2ncn(-c3ncncc3Cl)n2)c1. The zero-order valence-electron chi connectivity index (χ0n) is 9.73. The van der Waals surface area contributed by atoms with Crippen molar-refractivity contribution in [2.45, 2.75) is 0 Å². The van der Waals surface area contributed by atoms with E-state index >= 15 is 0 Å². The molecule has 94 valence electrons. The lowest BCUT2D eigenvalue weighted by molar-refractivity contribution is 0.840. The maximum absolute atomic E-state index is 6.01. The van der Waals surface area contributed by atoms with Gasteiger partial charge < -0.3 is 5.73 Å². The Bertz CT molecular complexity index is 723. The minimum atomic E-state index is 0.409. The molecule has 0 saturated heterocycles. The van der Waals surface area contributed by atoms with Crippen LogP contribution in [-0.2, 0) is 0 Å². The predicted octanol–water partition coefficient (Wildman–Crippen LogP) is 1.96. The van der Waals surface area contributed by atoms with Crippen LogP contribution in [0.5, 0.6) is 0 Å². The molecule has 1 aromatic carbocycles. The summed E-state index contributed by atoms with van der Waals surface area (Å²) in [6.45, 7) is 0. The molecule has 0 aliphatic heterocycles. The van der Waals surface area contributed by atoms with Gasteiger partial charge in [-0.3, -0.25) is 0 Å². The van der Waals surface area contributed by atoms with Gasteiger partial charge in [0.05, 0.1) is 6.20 Å². The molecule has 0 amide bonds. The largest absolute Gasteiger partial charge is 0.399 e. The van der Waals surface area contributed by atoms with Gasteiger partial charge in [0.1, 0.15) is 17.7 Å². The zero-order chi connectivity index (χ0) is 13.2. The molecule has 0 saturated carbocycles. The highest BCUT2D eigenvalue weighted by Crippen LogP contribution is 2.19. The van der Waals surface area contributed by atoms with Gasteiger partial charge in [-0.1, -0.05) is 23.7 Å². The van der Waals surface area contributed by atoms with Crippen molar-refractivity contribution in [3.63, 3.8) is 0 Å². The van der Waals surface area contributed by atoms with E-state index in [0.29, 0.717) is 22.4 Å². The lowest BCUT2D eigenvalue weighted by Crippen LogP contribution is -1.99. The van der Waals surface area contributed by atoms with Gasteiger partial charge in [0.2, 0.25) is 0 Å². The number of hydrogen-bond donors (Lipinski definition) is 1. The highest BCUT2D eigenvalue weighted by atomic mass is 35.5. The summed E-state index contributed by atoms with van der Waals surface area (Å²) in [6.07, 6.45) is 4.46. The van der Waals surface area contributed by atoms with Crippen molar-refractivity contribution in [2.75, 3.05) is 5.73 Å². The summed E-state index contributed by atoms with van der Waals surface area (Å²) in [5, 5.41) is 4.74. The summed E-state index contributed by atoms with van der Waals surface area (Å²) in [5.41, 5.74) is 7.23. The van der Waals surface area contributed by atoms with E-state index in [1.165, 1.54) is 17.2 Å². The van der Waals surface area contributed by atoms with Gasteiger partial charge in [-0.25, -0.2) is 19.6 Å². The van der Waals surface area contributed by atoms with E-state index in [9.17, 15) is 0 Å². The third-order valence-corrected chi connectivity index (χ3v) is 2.77. The Balaban J connectivity index is 2.03. The Morgan fingerprint density at radius 3 is 2.89 bits per heavy atom. The second-order valence-electron chi connectivity index (χ2n) is 3.83. The van der Waals surface area contributed by atoms with E-state index in [1.807, 2.05) is 18.2 Å². The standard InChI is InChI=1S/C12H9ClN6/c13-10-5-15-6-16-12(10)19-7-17-11(18-19)8-2-1-3-9(14)4-8/h1-7H,14H2. The molecule has 3 rings (SSSR count). The number of nitrogen functional groups attached to an aromatic ring is 1. The smallest absolute Gasteiger partial charge is 0.181 e. The maximum Gasteiger partial charge on any atom is 0.181 e. The number of nitrogens with zero attached hydrogens (tertiary/aromatic N) is 5. The first-order valence-corrected chi connectivity index (χ1v) is 5.85. The maximum atomic E-state index is 6.01. The lowest BCUT2D eigenvalue weighted by Gasteiger charge is -2.00. The van der Waals surface area contributed by atoms with E-state index in [4.69, 9.17) is 17.3 Å². The summed E-state index contributed by atoms with van der Waals surface area (Å²) in [4.78, 5) is 12.1. The average Bonchev–Trinajstić information content (AvgIpc) is 2.89. The van der Waals surface area contributed by atoms with Crippen LogP contribution in [0.1, 0.15) is 0 Å². The Hall–Kier alpha value is -2.47. The average molecular weight is 273 g/mol. The van der Waals surface area contributed by atoms with Crippen LogP contribution in [0.4, 0.5) is 5.69 Å². The van der Waals surface area contributed by atoms with Gasteiger partial charge in [-0.05, 0) is 12.1 Å². The quantitative estimate of drug-likeness (QED) is 0.721. The van der Waals surface area contributed by atoms with E-state index < -0.39 is 0 Å². The first-order valence-electron chi connectivity index (χ1n) is 5.47. The monoisotopic (exact) mass is 272 g/mol. The third kappa shape index (κ3) is 2.25. The molecule has 2 N–H and O–H groups in total. The Morgan fingerprint density at radius 2 is 2.11 bits per heavy atom. The number of anilines is 1. The molecule has 0 atom stereocenters. The fraction of sp³-hybridized carbons (Fsp3) is 0. The number of nitrogens with two attached hydrogens (primary N) is 1. The molecule has 19 heavy (non-hydrogen) atoms. The van der Waals surface area contributed by atoms with Gasteiger partial charge in [0.15, 0.2) is 11.6 Å². The summed E-state index contributed by atoms with van der Waals surface area (Å²) >= 11 is 6.01. The molecule has 3 aromatic rings. The predicted molar refractivity (Wildman–Crippen MR) is 71.8 cm³/mol. The molecule has 0 aliphatic carbocycles. The van der Waals surface area contributed by atoms with Crippen LogP contribution in [0.25, 0.3) is 17.2 Å². The van der Waals surface area contributed by atoms with Crippen LogP contribution in [0.15, 0.2) is 43.1 Å². The van der Waals surface area contributed by atoms with Crippen molar-refractivity contribution in [1.29, 1.82) is 0 Å². The van der Waals surface area contributed by atoms with Gasteiger partial charge in [-0.2, -0.15) is 0 Å². The van der Waals surface area contributed by atoms with Crippen LogP contribution >= 0.6 is 11.6 Å². The van der Waals surface area contributed by atoms with Gasteiger partial charge in [-0.15, -0.1) is 5.10 Å². The highest BCUT2D eigenvalue weighted by Gasteiger charge is 2.09. The minimum absolute atomic E-state index is 0.409. The molecule has 0 spiro atoms. The Labute approximate surface area is 113 Å². The number of rotatable bonds is 2. The first-order chi connectivity index (χ1) is 9.24. The van der Waals surface area contributed by atoms with Crippen molar-refractivity contribution in [1.82, 2.24) is 24.7 Å². The molecule has 2 heterocycles. The topological polar surface area (TPSA) is 82.5 Å². The van der Waals surface area contributed by atoms with Crippen LogP contribution < -0.4 is 5.73 Å². The number of aromatic nitrogens is 5. The van der Waals surface area contributed by atoms with Gasteiger partial charge in [0.25, 0.3) is 0 Å². The van der Waals surface area contributed by atoms with Crippen molar-refractivity contribution < 1.29 is 0 Å². The van der Waals surface area contributed by atoms with E-state index in [-0.39, 0.29) is 0 Å². The number of benzene rings is 1. The van der Waals surface area contributed by atoms with Crippen molar-refractivity contribution >= 4 is 17.3 Å². The summed E-state index contributed by atoms with van der Waals surface area (Å²) in [7, 11) is 0. The fourth-order valence-corrected chi connectivity index (χ4v) is 1.84. The van der Waals surface area contributed by atoms with E-state index in [1.54, 1.807) is 12.4 Å². The number of halogens is 1. The fourth-order valence-electron chi connectivity index (χ4n) is 1.65. The molecule has 0 fully saturated rings. The summed E-state index contributed by atoms with van der Waals surface area (Å²) < 4.78 is 1.50. The second kappa shape index (κ2) is 4.66. The Kier molecular flexibility index (Phi) is 2.85. The molecule has 0 unspecified atom stereocenters. The summed E-state index contributed by atoms with van der Waals surface area (Å²) in [5.74, 6) is 1.04. The van der Waals surface area contributed by atoms with E-state index in [2.05, 4.69) is 20.1 Å². The summed E-state index contributed by atoms with van der Waals surface area (Å²) in [6, 6.07) is 7.35. The van der Waals surface area contributed by atoms with Crippen LogP contribution in [0.2, 0.25) is 5.02 Å². The third-order valence-electron chi connectivity index (χ3n) is 2.50. The van der Waals surface area contributed by atoms with E-state index in [0.717, 1.165) is 5.56 Å². The van der Waals surface area contributed by atoms with Crippen molar-refractivity contribution in [3.8, 4) is 17.2 Å². The number of hydrogen-bond acceptors (Lipinski definition) is 5. The minimum Gasteiger partial charge on any atom is -0.399 e. The molecule has 6 nitrogen and oxygen atoms in total. The molecule has 0 bridgehead atoms. The first kappa shape index (κ1) is 11.6. The van der Waals surface area contributed by atoms with Crippen LogP contribution in [0.3, 0.4) is 0 Å². The van der Waals surface area contributed by atoms with Gasteiger partial charge >= 0.3 is 0 Å². The van der Waals surface area contributed by atoms with Gasteiger partial charge in [0, 0.05) is 11.3 Å². The molecule has 0 aliphatic rings. The Morgan fingerprint density at radius 1 is 1.21 bits per heavy atom. The van der Waals surface area contributed by atoms with Crippen molar-refractivity contribution in [2.24, 2.45) is 0 Å². The van der Waals surface area contributed by atoms with Crippen LogP contribution in [0, 0.1) is 0 Å². The highest BCUT2D eigenvalue weighted by molar-refractivity contribution is 6.32. The normalized spacial score (nSPS) is 10.6. The van der Waals surface area contributed by atoms with Crippen LogP contribution in [-0.4, -0.2) is 24.7 Å². The second-order valence-corrected chi connectivity index (χ2v) is 4.24. The molecular formula is C12H9ClN6.